The molecule has 3 heteroatoms. The minimum Gasteiger partial charge on any atom is -0.591 e. The van der Waals surface area contributed by atoms with Crippen LogP contribution in [0.3, 0.4) is 0 Å². The van der Waals surface area contributed by atoms with E-state index in [1.165, 1.54) is 24.0 Å². The van der Waals surface area contributed by atoms with Gasteiger partial charge in [-0.05, 0) is 46.1 Å². The molecule has 19 heavy (non-hydrogen) atoms. The third-order valence-electron chi connectivity index (χ3n) is 2.91. The van der Waals surface area contributed by atoms with Crippen molar-refractivity contribution in [3.8, 4) is 0 Å². The summed E-state index contributed by atoms with van der Waals surface area (Å²) in [5.74, 6) is 0. The third kappa shape index (κ3) is 5.37. The van der Waals surface area contributed by atoms with Crippen molar-refractivity contribution in [3.63, 3.8) is 0 Å². The van der Waals surface area contributed by atoms with Gasteiger partial charge in [-0.1, -0.05) is 41.5 Å². The van der Waals surface area contributed by atoms with Gasteiger partial charge >= 0.3 is 0 Å². The van der Waals surface area contributed by atoms with Gasteiger partial charge in [0, 0.05) is 5.56 Å². The molecule has 0 aliphatic rings. The Morgan fingerprint density at radius 2 is 2.00 bits per heavy atom. The molecular formula is C16H25NOS. The summed E-state index contributed by atoms with van der Waals surface area (Å²) in [6, 6.07) is 6.36. The van der Waals surface area contributed by atoms with Gasteiger partial charge in [0.05, 0.1) is 6.21 Å². The van der Waals surface area contributed by atoms with E-state index >= 15 is 0 Å². The van der Waals surface area contributed by atoms with E-state index in [2.05, 4.69) is 36.4 Å². The highest BCUT2D eigenvalue weighted by molar-refractivity contribution is 7.91. The first-order valence-corrected chi connectivity index (χ1v) is 8.01. The Hall–Kier alpha value is -0.800. The normalized spacial score (nSPS) is 14.0. The minimum atomic E-state index is -1.19. The summed E-state index contributed by atoms with van der Waals surface area (Å²) in [5.41, 5.74) is 3.66. The molecule has 0 amide bonds. The first-order chi connectivity index (χ1) is 8.84. The first kappa shape index (κ1) is 16.3. The van der Waals surface area contributed by atoms with Crippen LogP contribution < -0.4 is 0 Å². The van der Waals surface area contributed by atoms with Crippen molar-refractivity contribution in [1.82, 2.24) is 0 Å². The molecule has 1 rings (SSSR count). The lowest BCUT2D eigenvalue weighted by Gasteiger charge is -2.18. The molecule has 1 aromatic rings. The molecule has 1 aromatic carbocycles. The third-order valence-corrected chi connectivity index (χ3v) is 4.25. The van der Waals surface area contributed by atoms with Gasteiger partial charge < -0.3 is 4.55 Å². The molecule has 0 saturated carbocycles. The van der Waals surface area contributed by atoms with Crippen molar-refractivity contribution in [1.29, 1.82) is 0 Å². The maximum absolute atomic E-state index is 11.9. The fourth-order valence-corrected chi connectivity index (χ4v) is 2.23. The summed E-state index contributed by atoms with van der Waals surface area (Å²) in [7, 11) is 0. The molecule has 0 spiro atoms. The molecule has 106 valence electrons. The second-order valence-corrected chi connectivity index (χ2v) is 7.84. The quantitative estimate of drug-likeness (QED) is 0.587. The summed E-state index contributed by atoms with van der Waals surface area (Å²) < 4.78 is 15.9. The highest BCUT2D eigenvalue weighted by atomic mass is 32.2. The summed E-state index contributed by atoms with van der Waals surface area (Å²) in [4.78, 5) is 0. The zero-order valence-corrected chi connectivity index (χ0v) is 13.5. The van der Waals surface area contributed by atoms with Crippen LogP contribution in [0.25, 0.3) is 0 Å². The molecule has 1 atom stereocenters. The Bertz CT molecular complexity index is 435. The number of benzene rings is 1. The van der Waals surface area contributed by atoms with Crippen molar-refractivity contribution in [3.05, 3.63) is 34.9 Å². The van der Waals surface area contributed by atoms with Crippen LogP contribution in [-0.2, 0) is 17.8 Å². The molecule has 0 fully saturated rings. The van der Waals surface area contributed by atoms with Gasteiger partial charge in [0.15, 0.2) is 0 Å². The number of hydrogen-bond donors (Lipinski definition) is 0. The number of rotatable bonds is 5. The van der Waals surface area contributed by atoms with E-state index in [4.69, 9.17) is 0 Å². The van der Waals surface area contributed by atoms with Gasteiger partial charge in [0.1, 0.15) is 16.1 Å². The standard InChI is InChI=1S/C16H25NOS/c1-6-7-8-14-11-13(2)9-10-15(14)12-17-19(18)16(3,4)5/h9-12H,6-8H2,1-5H3/b17-12+. The average Bonchev–Trinajstić information content (AvgIpc) is 2.33. The zero-order chi connectivity index (χ0) is 14.5. The lowest BCUT2D eigenvalue weighted by atomic mass is 10.0. The van der Waals surface area contributed by atoms with Crippen molar-refractivity contribution in [2.75, 3.05) is 0 Å². The first-order valence-electron chi connectivity index (χ1n) is 6.90. The van der Waals surface area contributed by atoms with Gasteiger partial charge in [-0.25, -0.2) is 0 Å². The fraction of sp³-hybridized carbons (Fsp3) is 0.562. The van der Waals surface area contributed by atoms with E-state index < -0.39 is 11.4 Å². The van der Waals surface area contributed by atoms with Crippen molar-refractivity contribution in [2.45, 2.75) is 58.6 Å². The topological polar surface area (TPSA) is 35.4 Å². The van der Waals surface area contributed by atoms with Gasteiger partial charge in [0.2, 0.25) is 0 Å². The molecule has 0 aromatic heterocycles. The van der Waals surface area contributed by atoms with Crippen LogP contribution in [0, 0.1) is 6.92 Å². The second-order valence-electron chi connectivity index (χ2n) is 5.90. The number of hydrogen-bond acceptors (Lipinski definition) is 2. The zero-order valence-electron chi connectivity index (χ0n) is 12.7. The SMILES string of the molecule is CCCCc1cc(C)ccc1/C=N/[S+]([O-])C(C)(C)C. The van der Waals surface area contributed by atoms with Crippen LogP contribution in [0.15, 0.2) is 22.6 Å². The highest BCUT2D eigenvalue weighted by Gasteiger charge is 2.25. The fourth-order valence-electron chi connectivity index (χ4n) is 1.71. The molecule has 0 heterocycles. The van der Waals surface area contributed by atoms with Gasteiger partial charge in [0.25, 0.3) is 0 Å². The summed E-state index contributed by atoms with van der Waals surface area (Å²) in [5, 5.41) is 0. The van der Waals surface area contributed by atoms with Crippen molar-refractivity contribution in [2.24, 2.45) is 4.40 Å². The molecule has 0 radical (unpaired) electrons. The van der Waals surface area contributed by atoms with E-state index in [1.807, 2.05) is 20.8 Å². The highest BCUT2D eigenvalue weighted by Crippen LogP contribution is 2.18. The Balaban J connectivity index is 2.90. The molecular weight excluding hydrogens is 254 g/mol. The van der Waals surface area contributed by atoms with Gasteiger partial charge in [-0.15, -0.1) is 0 Å². The predicted octanol–water partition coefficient (Wildman–Crippen LogP) is 4.22. The van der Waals surface area contributed by atoms with E-state index in [1.54, 1.807) is 6.21 Å². The van der Waals surface area contributed by atoms with Gasteiger partial charge in [-0.3, -0.25) is 0 Å². The largest absolute Gasteiger partial charge is 0.591 e. The van der Waals surface area contributed by atoms with E-state index in [0.29, 0.717) is 0 Å². The average molecular weight is 279 g/mol. The molecule has 0 N–H and O–H groups in total. The van der Waals surface area contributed by atoms with Crippen LogP contribution >= 0.6 is 0 Å². The molecule has 0 aliphatic carbocycles. The van der Waals surface area contributed by atoms with E-state index in [0.717, 1.165) is 12.0 Å². The summed E-state index contributed by atoms with van der Waals surface area (Å²) in [6.07, 6.45) is 5.18. The molecule has 0 saturated heterocycles. The number of aryl methyl sites for hydroxylation is 2. The van der Waals surface area contributed by atoms with Crippen molar-refractivity contribution < 1.29 is 4.55 Å². The van der Waals surface area contributed by atoms with Crippen molar-refractivity contribution >= 4 is 17.6 Å². The Labute approximate surface area is 120 Å². The Morgan fingerprint density at radius 1 is 1.32 bits per heavy atom. The maximum Gasteiger partial charge on any atom is 0.144 e. The van der Waals surface area contributed by atoms with Crippen LogP contribution in [0.2, 0.25) is 0 Å². The maximum atomic E-state index is 11.9. The number of nitrogens with zero attached hydrogens (tertiary/aromatic N) is 1. The molecule has 1 unspecified atom stereocenters. The smallest absolute Gasteiger partial charge is 0.144 e. The van der Waals surface area contributed by atoms with E-state index in [-0.39, 0.29) is 4.75 Å². The number of unbranched alkanes of at least 4 members (excludes halogenated alkanes) is 1. The van der Waals surface area contributed by atoms with Crippen LogP contribution in [-0.4, -0.2) is 15.5 Å². The molecule has 0 aliphatic heterocycles. The Morgan fingerprint density at radius 3 is 2.58 bits per heavy atom. The summed E-state index contributed by atoms with van der Waals surface area (Å²) >= 11 is -1.19. The lowest BCUT2D eigenvalue weighted by molar-refractivity contribution is 0.562. The van der Waals surface area contributed by atoms with E-state index in [9.17, 15) is 4.55 Å². The second kappa shape index (κ2) is 7.11. The summed E-state index contributed by atoms with van der Waals surface area (Å²) in [6.45, 7) is 10.1. The van der Waals surface area contributed by atoms with Crippen LogP contribution in [0.5, 0.6) is 0 Å². The predicted molar refractivity (Wildman–Crippen MR) is 85.3 cm³/mol. The minimum absolute atomic E-state index is 0.301. The monoisotopic (exact) mass is 279 g/mol. The lowest BCUT2D eigenvalue weighted by Crippen LogP contribution is -2.25. The molecule has 2 nitrogen and oxygen atoms in total. The van der Waals surface area contributed by atoms with Crippen LogP contribution in [0.1, 0.15) is 57.2 Å². The van der Waals surface area contributed by atoms with Crippen LogP contribution in [0.4, 0.5) is 0 Å². The van der Waals surface area contributed by atoms with Gasteiger partial charge in [-0.2, -0.15) is 0 Å². The molecule has 0 bridgehead atoms. The Kier molecular flexibility index (Phi) is 6.08.